The number of hydrogen-bond acceptors (Lipinski definition) is 4. The minimum atomic E-state index is -0.805. The highest BCUT2D eigenvalue weighted by Gasteiger charge is 2.25. The molecule has 0 spiro atoms. The fourth-order valence-corrected chi connectivity index (χ4v) is 3.32. The van der Waals surface area contributed by atoms with Crippen molar-refractivity contribution in [2.45, 2.75) is 25.7 Å². The number of carbonyl (C=O) groups is 1. The summed E-state index contributed by atoms with van der Waals surface area (Å²) in [5.41, 5.74) is 3.79. The number of nitrogens with zero attached hydrogens (tertiary/aromatic N) is 2. The van der Waals surface area contributed by atoms with E-state index < -0.39 is 5.92 Å². The second kappa shape index (κ2) is 5.63. The van der Waals surface area contributed by atoms with Gasteiger partial charge in [-0.1, -0.05) is 24.3 Å². The fraction of sp³-hybridized carbons (Fsp3) is 0.235. The van der Waals surface area contributed by atoms with Crippen molar-refractivity contribution >= 4 is 23.2 Å². The summed E-state index contributed by atoms with van der Waals surface area (Å²) in [5, 5.41) is 11.8. The zero-order valence-corrected chi connectivity index (χ0v) is 12.5. The SMILES string of the molecule is Cc1csc(C(C#N)C(=O)c2ccc3c(c2)CCC=C3)n1. The van der Waals surface area contributed by atoms with Crippen LogP contribution in [-0.4, -0.2) is 10.8 Å². The van der Waals surface area contributed by atoms with Crippen LogP contribution >= 0.6 is 11.3 Å². The molecule has 21 heavy (non-hydrogen) atoms. The third-order valence-corrected chi connectivity index (χ3v) is 4.61. The van der Waals surface area contributed by atoms with Gasteiger partial charge in [0.15, 0.2) is 11.7 Å². The van der Waals surface area contributed by atoms with E-state index in [0.29, 0.717) is 10.6 Å². The zero-order valence-electron chi connectivity index (χ0n) is 11.7. The Morgan fingerprint density at radius 3 is 3.05 bits per heavy atom. The molecule has 2 aromatic rings. The molecule has 1 aliphatic carbocycles. The normalized spacial score (nSPS) is 14.3. The largest absolute Gasteiger partial charge is 0.292 e. The quantitative estimate of drug-likeness (QED) is 0.807. The predicted octanol–water partition coefficient (Wildman–Crippen LogP) is 3.90. The predicted molar refractivity (Wildman–Crippen MR) is 83.3 cm³/mol. The van der Waals surface area contributed by atoms with Crippen LogP contribution in [-0.2, 0) is 6.42 Å². The molecule has 0 fully saturated rings. The lowest BCUT2D eigenvalue weighted by atomic mass is 9.91. The molecule has 0 saturated carbocycles. The van der Waals surface area contributed by atoms with Gasteiger partial charge in [-0.05, 0) is 37.0 Å². The summed E-state index contributed by atoms with van der Waals surface area (Å²) in [5.74, 6) is -0.968. The van der Waals surface area contributed by atoms with Gasteiger partial charge in [0.25, 0.3) is 0 Å². The molecule has 3 nitrogen and oxygen atoms in total. The summed E-state index contributed by atoms with van der Waals surface area (Å²) in [6.45, 7) is 1.87. The van der Waals surface area contributed by atoms with Crippen molar-refractivity contribution in [2.75, 3.05) is 0 Å². The Morgan fingerprint density at radius 1 is 1.48 bits per heavy atom. The fourth-order valence-electron chi connectivity index (χ4n) is 2.48. The molecule has 0 bridgehead atoms. The van der Waals surface area contributed by atoms with E-state index in [1.807, 2.05) is 30.5 Å². The first-order valence-corrected chi connectivity index (χ1v) is 7.72. The summed E-state index contributed by atoms with van der Waals surface area (Å²) >= 11 is 1.37. The van der Waals surface area contributed by atoms with E-state index >= 15 is 0 Å². The van der Waals surface area contributed by atoms with E-state index in [4.69, 9.17) is 0 Å². The molecule has 104 valence electrons. The Bertz CT molecular complexity index is 767. The van der Waals surface area contributed by atoms with Gasteiger partial charge < -0.3 is 0 Å². The lowest BCUT2D eigenvalue weighted by Gasteiger charge is -2.12. The number of hydrogen-bond donors (Lipinski definition) is 0. The average molecular weight is 294 g/mol. The van der Waals surface area contributed by atoms with Crippen molar-refractivity contribution in [3.05, 3.63) is 57.0 Å². The minimum absolute atomic E-state index is 0.163. The van der Waals surface area contributed by atoms with Gasteiger partial charge in [0, 0.05) is 16.6 Å². The zero-order chi connectivity index (χ0) is 14.8. The lowest BCUT2D eigenvalue weighted by molar-refractivity contribution is 0.0978. The molecule has 1 aromatic heterocycles. The van der Waals surface area contributed by atoms with Crippen molar-refractivity contribution in [3.8, 4) is 6.07 Å². The summed E-state index contributed by atoms with van der Waals surface area (Å²) in [6.07, 6.45) is 6.16. The number of carbonyl (C=O) groups excluding carboxylic acids is 1. The first-order valence-electron chi connectivity index (χ1n) is 6.84. The standard InChI is InChI=1S/C17H14N2OS/c1-11-10-21-17(19-11)15(9-18)16(20)14-7-6-12-4-2-3-5-13(12)8-14/h2,4,6-8,10,15H,3,5H2,1H3. The van der Waals surface area contributed by atoms with Gasteiger partial charge in [-0.25, -0.2) is 4.98 Å². The van der Waals surface area contributed by atoms with E-state index in [9.17, 15) is 10.1 Å². The molecule has 0 saturated heterocycles. The average Bonchev–Trinajstić information content (AvgIpc) is 2.93. The number of Topliss-reactive ketones (excluding diaryl/α,β-unsaturated/α-hetero) is 1. The number of nitriles is 1. The summed E-state index contributed by atoms with van der Waals surface area (Å²) in [6, 6.07) is 7.78. The second-order valence-corrected chi connectivity index (χ2v) is 6.00. The second-order valence-electron chi connectivity index (χ2n) is 5.11. The molecule has 1 aromatic carbocycles. The van der Waals surface area contributed by atoms with Gasteiger partial charge in [-0.15, -0.1) is 11.3 Å². The van der Waals surface area contributed by atoms with Crippen LogP contribution in [0.3, 0.4) is 0 Å². The maximum Gasteiger partial charge on any atom is 0.186 e. The molecule has 0 amide bonds. The van der Waals surface area contributed by atoms with E-state index in [-0.39, 0.29) is 5.78 Å². The molecule has 0 N–H and O–H groups in total. The molecule has 4 heteroatoms. The van der Waals surface area contributed by atoms with Crippen molar-refractivity contribution in [1.82, 2.24) is 4.98 Å². The van der Waals surface area contributed by atoms with Gasteiger partial charge in [-0.3, -0.25) is 4.79 Å². The maximum atomic E-state index is 12.6. The summed E-state index contributed by atoms with van der Waals surface area (Å²) in [7, 11) is 0. The van der Waals surface area contributed by atoms with Crippen LogP contribution in [0.1, 0.15) is 44.5 Å². The Hall–Kier alpha value is -2.25. The van der Waals surface area contributed by atoms with Crippen molar-refractivity contribution in [1.29, 1.82) is 5.26 Å². The highest BCUT2D eigenvalue weighted by atomic mass is 32.1. The number of aryl methyl sites for hydroxylation is 2. The van der Waals surface area contributed by atoms with Gasteiger partial charge in [-0.2, -0.15) is 5.26 Å². The molecule has 3 rings (SSSR count). The number of rotatable bonds is 3. The smallest absolute Gasteiger partial charge is 0.186 e. The molecular formula is C17H14N2OS. The van der Waals surface area contributed by atoms with Crippen LogP contribution in [0.15, 0.2) is 29.7 Å². The minimum Gasteiger partial charge on any atom is -0.292 e. The molecule has 0 aliphatic heterocycles. The van der Waals surface area contributed by atoms with E-state index in [0.717, 1.165) is 24.1 Å². The Balaban J connectivity index is 1.94. The first-order chi connectivity index (χ1) is 10.2. The number of fused-ring (bicyclic) bond motifs is 1. The Labute approximate surface area is 127 Å². The van der Waals surface area contributed by atoms with Crippen molar-refractivity contribution < 1.29 is 4.79 Å². The topological polar surface area (TPSA) is 53.8 Å². The number of benzene rings is 1. The molecule has 1 atom stereocenters. The van der Waals surface area contributed by atoms with Crippen LogP contribution in [0.5, 0.6) is 0 Å². The highest BCUT2D eigenvalue weighted by Crippen LogP contribution is 2.26. The molecule has 0 radical (unpaired) electrons. The molecular weight excluding hydrogens is 280 g/mol. The number of ketones is 1. The van der Waals surface area contributed by atoms with E-state index in [1.54, 1.807) is 0 Å². The van der Waals surface area contributed by atoms with E-state index in [1.165, 1.54) is 16.9 Å². The molecule has 1 aliphatic rings. The van der Waals surface area contributed by atoms with Crippen molar-refractivity contribution in [3.63, 3.8) is 0 Å². The van der Waals surface area contributed by atoms with Crippen LogP contribution in [0.4, 0.5) is 0 Å². The third kappa shape index (κ3) is 2.65. The van der Waals surface area contributed by atoms with Crippen LogP contribution < -0.4 is 0 Å². The monoisotopic (exact) mass is 294 g/mol. The number of allylic oxidation sites excluding steroid dienone is 1. The van der Waals surface area contributed by atoms with Gasteiger partial charge >= 0.3 is 0 Å². The summed E-state index contributed by atoms with van der Waals surface area (Å²) in [4.78, 5) is 16.9. The number of thiazole rings is 1. The highest BCUT2D eigenvalue weighted by molar-refractivity contribution is 7.10. The molecule has 1 heterocycles. The van der Waals surface area contributed by atoms with Crippen LogP contribution in [0.2, 0.25) is 0 Å². The van der Waals surface area contributed by atoms with Gasteiger partial charge in [0.2, 0.25) is 0 Å². The van der Waals surface area contributed by atoms with Crippen LogP contribution in [0, 0.1) is 18.3 Å². The lowest BCUT2D eigenvalue weighted by Crippen LogP contribution is -2.12. The van der Waals surface area contributed by atoms with Gasteiger partial charge in [0.05, 0.1) is 6.07 Å². The number of aromatic nitrogens is 1. The Morgan fingerprint density at radius 2 is 2.33 bits per heavy atom. The molecule has 1 unspecified atom stereocenters. The van der Waals surface area contributed by atoms with Gasteiger partial charge in [0.1, 0.15) is 5.01 Å². The third-order valence-electron chi connectivity index (χ3n) is 3.58. The maximum absolute atomic E-state index is 12.6. The Kier molecular flexibility index (Phi) is 3.68. The van der Waals surface area contributed by atoms with E-state index in [2.05, 4.69) is 23.2 Å². The first kappa shape index (κ1) is 13.7. The van der Waals surface area contributed by atoms with Crippen molar-refractivity contribution in [2.24, 2.45) is 0 Å². The van der Waals surface area contributed by atoms with Crippen LogP contribution in [0.25, 0.3) is 6.08 Å². The summed E-state index contributed by atoms with van der Waals surface area (Å²) < 4.78 is 0.